The lowest BCUT2D eigenvalue weighted by Crippen LogP contribution is -2.15. The molecule has 1 aromatic carbocycles. The van der Waals surface area contributed by atoms with Crippen LogP contribution >= 0.6 is 11.8 Å². The summed E-state index contributed by atoms with van der Waals surface area (Å²) in [6.45, 7) is 2.13. The molecule has 1 N–H and O–H groups in total. The first-order valence-corrected chi connectivity index (χ1v) is 7.43. The molecule has 0 radical (unpaired) electrons. The molecule has 2 rings (SSSR count). The molecule has 1 aliphatic heterocycles. The quantitative estimate of drug-likeness (QED) is 0.891. The molecular formula is C14H20O3S. The van der Waals surface area contributed by atoms with E-state index in [0.29, 0.717) is 6.10 Å². The molecule has 0 amide bonds. The normalized spacial score (nSPS) is 20.7. The van der Waals surface area contributed by atoms with Gasteiger partial charge >= 0.3 is 0 Å². The van der Waals surface area contributed by atoms with Crippen LogP contribution in [0.2, 0.25) is 0 Å². The van der Waals surface area contributed by atoms with Gasteiger partial charge in [-0.25, -0.2) is 0 Å². The van der Waals surface area contributed by atoms with E-state index in [2.05, 4.69) is 0 Å². The molecule has 3 nitrogen and oxygen atoms in total. The molecule has 0 spiro atoms. The van der Waals surface area contributed by atoms with Crippen molar-refractivity contribution in [1.82, 2.24) is 0 Å². The lowest BCUT2D eigenvalue weighted by Gasteiger charge is -2.17. The molecule has 1 fully saturated rings. The van der Waals surface area contributed by atoms with Crippen LogP contribution in [0.1, 0.15) is 24.8 Å². The Morgan fingerprint density at radius 1 is 1.44 bits per heavy atom. The summed E-state index contributed by atoms with van der Waals surface area (Å²) in [5, 5.41) is 9.18. The second-order valence-corrected chi connectivity index (χ2v) is 5.75. The largest absolute Gasteiger partial charge is 0.493 e. The number of benzene rings is 1. The number of aliphatic hydroxyl groups excluding tert-OH is 1. The Bertz CT molecular complexity index is 389. The fraction of sp³-hybridized carbons (Fsp3) is 0.571. The maximum absolute atomic E-state index is 9.18. The number of thioether (sulfide) groups is 1. The molecule has 18 heavy (non-hydrogen) atoms. The summed E-state index contributed by atoms with van der Waals surface area (Å²) in [4.78, 5) is 0. The predicted octanol–water partition coefficient (Wildman–Crippen LogP) is 2.68. The van der Waals surface area contributed by atoms with Gasteiger partial charge in [0, 0.05) is 18.3 Å². The Labute approximate surface area is 112 Å². The zero-order valence-corrected chi connectivity index (χ0v) is 11.7. The smallest absolute Gasteiger partial charge is 0.161 e. The van der Waals surface area contributed by atoms with Gasteiger partial charge in [-0.2, -0.15) is 11.8 Å². The minimum atomic E-state index is 0.120. The highest BCUT2D eigenvalue weighted by atomic mass is 32.2. The molecule has 0 aromatic heterocycles. The Morgan fingerprint density at radius 2 is 2.28 bits per heavy atom. The Hall–Kier alpha value is -0.870. The van der Waals surface area contributed by atoms with Gasteiger partial charge in [-0.1, -0.05) is 13.0 Å². The summed E-state index contributed by atoms with van der Waals surface area (Å²) >= 11 is 1.93. The topological polar surface area (TPSA) is 38.7 Å². The van der Waals surface area contributed by atoms with Gasteiger partial charge in [-0.3, -0.25) is 0 Å². The van der Waals surface area contributed by atoms with Gasteiger partial charge in [0.1, 0.15) is 6.10 Å². The number of ether oxygens (including phenoxy) is 2. The first-order chi connectivity index (χ1) is 8.74. The standard InChI is InChI=1S/C14H20O3S/c1-10(8-15)11-3-4-13(14(7-11)16-2)17-12-5-6-18-9-12/h3-4,7,10,12,15H,5-6,8-9H2,1-2H3. The zero-order valence-electron chi connectivity index (χ0n) is 10.9. The van der Waals surface area contributed by atoms with E-state index in [4.69, 9.17) is 9.47 Å². The fourth-order valence-corrected chi connectivity index (χ4v) is 3.07. The molecule has 1 heterocycles. The Kier molecular flexibility index (Phi) is 4.78. The van der Waals surface area contributed by atoms with Gasteiger partial charge in [-0.15, -0.1) is 0 Å². The van der Waals surface area contributed by atoms with E-state index in [1.54, 1.807) is 7.11 Å². The highest BCUT2D eigenvalue weighted by molar-refractivity contribution is 7.99. The maximum Gasteiger partial charge on any atom is 0.161 e. The monoisotopic (exact) mass is 268 g/mol. The number of hydrogen-bond acceptors (Lipinski definition) is 4. The number of aliphatic hydroxyl groups is 1. The summed E-state index contributed by atoms with van der Waals surface area (Å²) in [5.74, 6) is 3.91. The highest BCUT2D eigenvalue weighted by Gasteiger charge is 2.19. The van der Waals surface area contributed by atoms with Crippen molar-refractivity contribution in [2.75, 3.05) is 25.2 Å². The third-order valence-corrected chi connectivity index (χ3v) is 4.34. The molecule has 100 valence electrons. The van der Waals surface area contributed by atoms with Gasteiger partial charge in [0.25, 0.3) is 0 Å². The van der Waals surface area contributed by atoms with Crippen LogP contribution in [0.4, 0.5) is 0 Å². The minimum absolute atomic E-state index is 0.120. The summed E-state index contributed by atoms with van der Waals surface area (Å²) in [6.07, 6.45) is 1.40. The minimum Gasteiger partial charge on any atom is -0.493 e. The second-order valence-electron chi connectivity index (χ2n) is 4.60. The summed E-state index contributed by atoms with van der Waals surface area (Å²) in [5.41, 5.74) is 1.07. The highest BCUT2D eigenvalue weighted by Crippen LogP contribution is 2.33. The van der Waals surface area contributed by atoms with Crippen molar-refractivity contribution < 1.29 is 14.6 Å². The van der Waals surface area contributed by atoms with E-state index in [0.717, 1.165) is 29.2 Å². The van der Waals surface area contributed by atoms with Crippen molar-refractivity contribution in [2.24, 2.45) is 0 Å². The van der Waals surface area contributed by atoms with Crippen LogP contribution in [0.15, 0.2) is 18.2 Å². The molecule has 1 aromatic rings. The summed E-state index contributed by atoms with van der Waals surface area (Å²) in [7, 11) is 1.65. The van der Waals surface area contributed by atoms with Crippen molar-refractivity contribution in [3.8, 4) is 11.5 Å². The molecule has 1 aliphatic rings. The molecular weight excluding hydrogens is 248 g/mol. The maximum atomic E-state index is 9.18. The van der Waals surface area contributed by atoms with Crippen molar-refractivity contribution in [1.29, 1.82) is 0 Å². The molecule has 0 saturated carbocycles. The van der Waals surface area contributed by atoms with Crippen LogP contribution in [0.3, 0.4) is 0 Å². The van der Waals surface area contributed by atoms with Gasteiger partial charge < -0.3 is 14.6 Å². The lowest BCUT2D eigenvalue weighted by atomic mass is 10.0. The van der Waals surface area contributed by atoms with Gasteiger partial charge in [0.2, 0.25) is 0 Å². The number of methoxy groups -OCH3 is 1. The molecule has 4 heteroatoms. The van der Waals surface area contributed by atoms with Gasteiger partial charge in [0.15, 0.2) is 11.5 Å². The van der Waals surface area contributed by atoms with Crippen LogP contribution in [0.5, 0.6) is 11.5 Å². The third kappa shape index (κ3) is 3.12. The summed E-state index contributed by atoms with van der Waals surface area (Å²) < 4.78 is 11.3. The van der Waals surface area contributed by atoms with Gasteiger partial charge in [0.05, 0.1) is 7.11 Å². The molecule has 2 unspecified atom stereocenters. The molecule has 2 atom stereocenters. The van der Waals surface area contributed by atoms with Gasteiger partial charge in [-0.05, 0) is 29.9 Å². The van der Waals surface area contributed by atoms with E-state index in [1.165, 1.54) is 5.75 Å². The Balaban J connectivity index is 2.14. The number of rotatable bonds is 5. The first-order valence-electron chi connectivity index (χ1n) is 6.27. The van der Waals surface area contributed by atoms with Crippen LogP contribution in [-0.4, -0.2) is 36.4 Å². The average Bonchev–Trinajstić information content (AvgIpc) is 2.91. The van der Waals surface area contributed by atoms with E-state index >= 15 is 0 Å². The predicted molar refractivity (Wildman–Crippen MR) is 74.9 cm³/mol. The molecule has 0 aliphatic carbocycles. The van der Waals surface area contributed by atoms with Crippen molar-refractivity contribution in [3.05, 3.63) is 23.8 Å². The van der Waals surface area contributed by atoms with Crippen LogP contribution in [-0.2, 0) is 0 Å². The van der Waals surface area contributed by atoms with E-state index in [1.807, 2.05) is 36.9 Å². The van der Waals surface area contributed by atoms with Crippen LogP contribution in [0.25, 0.3) is 0 Å². The average molecular weight is 268 g/mol. The SMILES string of the molecule is COc1cc(C(C)CO)ccc1OC1CCSC1. The lowest BCUT2D eigenvalue weighted by molar-refractivity contribution is 0.218. The van der Waals surface area contributed by atoms with Crippen molar-refractivity contribution >= 4 is 11.8 Å². The Morgan fingerprint density at radius 3 is 2.89 bits per heavy atom. The summed E-state index contributed by atoms with van der Waals surface area (Å²) in [6, 6.07) is 5.91. The fourth-order valence-electron chi connectivity index (χ4n) is 1.98. The van der Waals surface area contributed by atoms with E-state index in [9.17, 15) is 5.11 Å². The first kappa shape index (κ1) is 13.6. The van der Waals surface area contributed by atoms with Crippen LogP contribution in [0, 0.1) is 0 Å². The van der Waals surface area contributed by atoms with Crippen molar-refractivity contribution in [3.63, 3.8) is 0 Å². The molecule has 0 bridgehead atoms. The zero-order chi connectivity index (χ0) is 13.0. The number of hydrogen-bond donors (Lipinski definition) is 1. The van der Waals surface area contributed by atoms with Crippen molar-refractivity contribution in [2.45, 2.75) is 25.4 Å². The van der Waals surface area contributed by atoms with E-state index < -0.39 is 0 Å². The second kappa shape index (κ2) is 6.34. The third-order valence-electron chi connectivity index (χ3n) is 3.21. The van der Waals surface area contributed by atoms with Crippen LogP contribution < -0.4 is 9.47 Å². The molecule has 1 saturated heterocycles. The van der Waals surface area contributed by atoms with E-state index in [-0.39, 0.29) is 12.5 Å².